The number of benzene rings is 2. The van der Waals surface area contributed by atoms with Crippen LogP contribution in [0, 0.1) is 21.4 Å². The molecule has 0 aromatic heterocycles. The molecular formula is C20H21N5O4. The number of hydrogen-bond donors (Lipinski definition) is 1. The quantitative estimate of drug-likeness (QED) is 0.590. The Morgan fingerprint density at radius 2 is 1.97 bits per heavy atom. The van der Waals surface area contributed by atoms with Gasteiger partial charge in [0.25, 0.3) is 5.69 Å². The zero-order valence-electron chi connectivity index (χ0n) is 16.0. The van der Waals surface area contributed by atoms with Crippen LogP contribution in [0.1, 0.15) is 5.56 Å². The third-order valence-electron chi connectivity index (χ3n) is 4.62. The molecule has 1 heterocycles. The van der Waals surface area contributed by atoms with Crippen molar-refractivity contribution < 1.29 is 14.5 Å². The van der Waals surface area contributed by atoms with Gasteiger partial charge in [-0.1, -0.05) is 0 Å². The summed E-state index contributed by atoms with van der Waals surface area (Å²) in [6, 6.07) is 13.6. The number of amides is 1. The number of carbonyl (C=O) groups excluding carboxylic acids is 1. The van der Waals surface area contributed by atoms with E-state index in [1.807, 2.05) is 30.3 Å². The first-order valence-corrected chi connectivity index (χ1v) is 9.10. The van der Waals surface area contributed by atoms with Gasteiger partial charge < -0.3 is 19.9 Å². The van der Waals surface area contributed by atoms with Gasteiger partial charge in [-0.15, -0.1) is 0 Å². The molecule has 1 fully saturated rings. The van der Waals surface area contributed by atoms with E-state index < -0.39 is 4.92 Å². The van der Waals surface area contributed by atoms with Crippen molar-refractivity contribution in [1.82, 2.24) is 0 Å². The normalized spacial score (nSPS) is 13.4. The van der Waals surface area contributed by atoms with Gasteiger partial charge in [-0.3, -0.25) is 14.9 Å². The van der Waals surface area contributed by atoms with E-state index in [-0.39, 0.29) is 29.4 Å². The summed E-state index contributed by atoms with van der Waals surface area (Å²) in [5.74, 6) is -0.301. The molecule has 2 aromatic rings. The molecule has 1 aliphatic rings. The van der Waals surface area contributed by atoms with Crippen LogP contribution in [0.15, 0.2) is 42.5 Å². The zero-order valence-corrected chi connectivity index (χ0v) is 16.0. The van der Waals surface area contributed by atoms with Gasteiger partial charge in [0, 0.05) is 37.6 Å². The van der Waals surface area contributed by atoms with E-state index in [9.17, 15) is 14.9 Å². The summed E-state index contributed by atoms with van der Waals surface area (Å²) in [7, 11) is 1.59. The Kier molecular flexibility index (Phi) is 6.26. The average molecular weight is 395 g/mol. The number of nitrogens with zero attached hydrogens (tertiary/aromatic N) is 4. The van der Waals surface area contributed by atoms with Crippen molar-refractivity contribution >= 4 is 28.7 Å². The lowest BCUT2D eigenvalue weighted by Gasteiger charge is -2.29. The molecule has 1 N–H and O–H groups in total. The molecule has 150 valence electrons. The molecule has 0 unspecified atom stereocenters. The first kappa shape index (κ1) is 20.1. The third kappa shape index (κ3) is 5.00. The largest absolute Gasteiger partial charge is 0.378 e. The van der Waals surface area contributed by atoms with E-state index in [1.54, 1.807) is 7.05 Å². The molecule has 0 aliphatic carbocycles. The fourth-order valence-corrected chi connectivity index (χ4v) is 3.14. The molecule has 1 amide bonds. The topological polar surface area (TPSA) is 112 Å². The van der Waals surface area contributed by atoms with Crippen LogP contribution >= 0.6 is 0 Å². The number of anilines is 3. The lowest BCUT2D eigenvalue weighted by Crippen LogP contribution is -2.36. The van der Waals surface area contributed by atoms with Crippen LogP contribution in [0.25, 0.3) is 0 Å². The van der Waals surface area contributed by atoms with Gasteiger partial charge in [0.05, 0.1) is 36.3 Å². The number of nitrogens with one attached hydrogen (secondary N) is 1. The lowest BCUT2D eigenvalue weighted by molar-refractivity contribution is -0.384. The van der Waals surface area contributed by atoms with Crippen molar-refractivity contribution in [2.24, 2.45) is 0 Å². The maximum absolute atomic E-state index is 12.4. The molecule has 0 atom stereocenters. The van der Waals surface area contributed by atoms with Crippen molar-refractivity contribution in [2.75, 3.05) is 55.0 Å². The number of morpholine rings is 1. The smallest absolute Gasteiger partial charge is 0.293 e. The lowest BCUT2D eigenvalue weighted by atomic mass is 10.1. The number of ether oxygens (including phenoxy) is 1. The van der Waals surface area contributed by atoms with Crippen LogP contribution in [0.2, 0.25) is 0 Å². The summed E-state index contributed by atoms with van der Waals surface area (Å²) in [5, 5.41) is 23.0. The Morgan fingerprint density at radius 3 is 2.59 bits per heavy atom. The van der Waals surface area contributed by atoms with Crippen LogP contribution in [-0.2, 0) is 9.53 Å². The summed E-state index contributed by atoms with van der Waals surface area (Å²) >= 11 is 0. The highest BCUT2D eigenvalue weighted by Crippen LogP contribution is 2.28. The van der Waals surface area contributed by atoms with Crippen LogP contribution in [0.5, 0.6) is 0 Å². The Morgan fingerprint density at radius 1 is 1.28 bits per heavy atom. The fraction of sp³-hybridized carbons (Fsp3) is 0.300. The predicted molar refractivity (Wildman–Crippen MR) is 109 cm³/mol. The van der Waals surface area contributed by atoms with E-state index in [0.29, 0.717) is 18.9 Å². The van der Waals surface area contributed by atoms with Crippen LogP contribution < -0.4 is 15.1 Å². The molecule has 0 radical (unpaired) electrons. The highest BCUT2D eigenvalue weighted by molar-refractivity contribution is 5.94. The van der Waals surface area contributed by atoms with Crippen molar-refractivity contribution in [3.63, 3.8) is 0 Å². The molecule has 0 spiro atoms. The summed E-state index contributed by atoms with van der Waals surface area (Å²) < 4.78 is 5.35. The Hall–Kier alpha value is -3.64. The average Bonchev–Trinajstić information content (AvgIpc) is 2.74. The molecule has 0 saturated carbocycles. The van der Waals surface area contributed by atoms with Gasteiger partial charge in [0.2, 0.25) is 5.91 Å². The standard InChI is InChI=1S/C20H21N5O4/c1-23(18-7-2-15(13-21)12-19(18)25(27)28)14-20(26)22-16-3-5-17(6-4-16)24-8-10-29-11-9-24/h2-7,12H,8-11,14H2,1H3,(H,22,26). The van der Waals surface area contributed by atoms with Gasteiger partial charge in [-0.25, -0.2) is 0 Å². The predicted octanol–water partition coefficient (Wildman–Crippen LogP) is 2.38. The number of carbonyl (C=O) groups is 1. The monoisotopic (exact) mass is 395 g/mol. The Balaban J connectivity index is 1.63. The molecule has 3 rings (SSSR count). The number of hydrogen-bond acceptors (Lipinski definition) is 7. The van der Waals surface area contributed by atoms with Crippen molar-refractivity contribution in [2.45, 2.75) is 0 Å². The molecule has 2 aromatic carbocycles. The summed E-state index contributed by atoms with van der Waals surface area (Å²) in [6.07, 6.45) is 0. The summed E-state index contributed by atoms with van der Waals surface area (Å²) in [5.41, 5.74) is 1.96. The maximum Gasteiger partial charge on any atom is 0.293 e. The van der Waals surface area contributed by atoms with Crippen LogP contribution in [0.3, 0.4) is 0 Å². The molecule has 1 saturated heterocycles. The van der Waals surface area contributed by atoms with E-state index in [0.717, 1.165) is 18.8 Å². The van der Waals surface area contributed by atoms with Gasteiger partial charge >= 0.3 is 0 Å². The van der Waals surface area contributed by atoms with E-state index in [1.165, 1.54) is 23.1 Å². The van der Waals surface area contributed by atoms with Crippen LogP contribution in [-0.4, -0.2) is 50.7 Å². The van der Waals surface area contributed by atoms with Crippen molar-refractivity contribution in [3.05, 3.63) is 58.1 Å². The molecule has 9 nitrogen and oxygen atoms in total. The highest BCUT2D eigenvalue weighted by Gasteiger charge is 2.20. The van der Waals surface area contributed by atoms with E-state index in [4.69, 9.17) is 10.00 Å². The molecular weight excluding hydrogens is 374 g/mol. The minimum absolute atomic E-state index is 0.0715. The molecule has 0 bridgehead atoms. The van der Waals surface area contributed by atoms with E-state index in [2.05, 4.69) is 10.2 Å². The minimum atomic E-state index is -0.561. The summed E-state index contributed by atoms with van der Waals surface area (Å²) in [4.78, 5) is 26.8. The second kappa shape index (κ2) is 9.03. The van der Waals surface area contributed by atoms with Crippen molar-refractivity contribution in [1.29, 1.82) is 5.26 Å². The zero-order chi connectivity index (χ0) is 20.8. The Labute approximate surface area is 168 Å². The van der Waals surface area contributed by atoms with Gasteiger partial charge in [0.15, 0.2) is 0 Å². The fourth-order valence-electron chi connectivity index (χ4n) is 3.14. The number of nitriles is 1. The minimum Gasteiger partial charge on any atom is -0.378 e. The number of nitro benzene ring substituents is 1. The van der Waals surface area contributed by atoms with Crippen molar-refractivity contribution in [3.8, 4) is 6.07 Å². The highest BCUT2D eigenvalue weighted by atomic mass is 16.6. The summed E-state index contributed by atoms with van der Waals surface area (Å²) in [6.45, 7) is 3.00. The van der Waals surface area contributed by atoms with Gasteiger partial charge in [0.1, 0.15) is 5.69 Å². The third-order valence-corrected chi connectivity index (χ3v) is 4.62. The van der Waals surface area contributed by atoms with Gasteiger partial charge in [-0.05, 0) is 36.4 Å². The SMILES string of the molecule is CN(CC(=O)Nc1ccc(N2CCOCC2)cc1)c1ccc(C#N)cc1[N+](=O)[O-]. The number of nitro groups is 1. The number of rotatable bonds is 6. The van der Waals surface area contributed by atoms with E-state index >= 15 is 0 Å². The van der Waals surface area contributed by atoms with Crippen LogP contribution in [0.4, 0.5) is 22.7 Å². The first-order chi connectivity index (χ1) is 14.0. The Bertz CT molecular complexity index is 933. The molecule has 29 heavy (non-hydrogen) atoms. The second-order valence-corrected chi connectivity index (χ2v) is 6.62. The molecule has 1 aliphatic heterocycles. The number of likely N-dealkylation sites (N-methyl/N-ethyl adjacent to an activating group) is 1. The van der Waals surface area contributed by atoms with Gasteiger partial charge in [-0.2, -0.15) is 5.26 Å². The first-order valence-electron chi connectivity index (χ1n) is 9.10. The maximum atomic E-state index is 12.4. The second-order valence-electron chi connectivity index (χ2n) is 6.62. The molecule has 9 heteroatoms.